The van der Waals surface area contributed by atoms with Gasteiger partial charge in [-0.15, -0.1) is 12.4 Å². The van der Waals surface area contributed by atoms with Gasteiger partial charge in [0, 0.05) is 17.1 Å². The number of benzene rings is 2. The summed E-state index contributed by atoms with van der Waals surface area (Å²) in [4.78, 5) is 0. The number of halogens is 2. The second-order valence-corrected chi connectivity index (χ2v) is 6.70. The van der Waals surface area contributed by atoms with Gasteiger partial charge in [0.2, 0.25) is 0 Å². The molecule has 2 N–H and O–H groups in total. The smallest absolute Gasteiger partial charge is 0.120 e. The molecule has 1 unspecified atom stereocenters. The number of aliphatic hydroxyl groups excluding tert-OH is 1. The average Bonchev–Trinajstić information content (AvgIpc) is 2.59. The van der Waals surface area contributed by atoms with Crippen molar-refractivity contribution in [3.05, 3.63) is 63.6 Å². The van der Waals surface area contributed by atoms with Gasteiger partial charge < -0.3 is 15.2 Å². The lowest BCUT2D eigenvalue weighted by Crippen LogP contribution is -2.25. The van der Waals surface area contributed by atoms with Crippen molar-refractivity contribution in [2.45, 2.75) is 31.8 Å². The average molecular weight is 413 g/mol. The van der Waals surface area contributed by atoms with E-state index in [0.717, 1.165) is 16.8 Å². The molecule has 2 aromatic rings. The van der Waals surface area contributed by atoms with Crippen molar-refractivity contribution in [1.29, 1.82) is 0 Å². The summed E-state index contributed by atoms with van der Waals surface area (Å²) in [7, 11) is 0. The first kappa shape index (κ1) is 19.3. The van der Waals surface area contributed by atoms with Gasteiger partial charge in [0.1, 0.15) is 12.4 Å². The third-order valence-electron chi connectivity index (χ3n) is 4.29. The molecule has 0 bridgehead atoms. The Balaban J connectivity index is 0.00000208. The molecule has 0 saturated heterocycles. The molecule has 1 atom stereocenters. The summed E-state index contributed by atoms with van der Waals surface area (Å²) in [5.74, 6) is 0.776. The van der Waals surface area contributed by atoms with E-state index in [0.29, 0.717) is 12.6 Å². The van der Waals surface area contributed by atoms with E-state index in [1.54, 1.807) is 0 Å². The van der Waals surface area contributed by atoms with E-state index in [1.165, 1.54) is 36.0 Å². The molecule has 24 heavy (non-hydrogen) atoms. The van der Waals surface area contributed by atoms with Crippen LogP contribution in [0.4, 0.5) is 0 Å². The molecule has 0 saturated carbocycles. The molecule has 5 heteroatoms. The number of aliphatic hydroxyl groups is 1. The van der Waals surface area contributed by atoms with E-state index >= 15 is 0 Å². The Labute approximate surface area is 158 Å². The van der Waals surface area contributed by atoms with Gasteiger partial charge in [-0.3, -0.25) is 0 Å². The van der Waals surface area contributed by atoms with E-state index in [2.05, 4.69) is 51.6 Å². The van der Waals surface area contributed by atoms with Crippen molar-refractivity contribution in [2.24, 2.45) is 0 Å². The van der Waals surface area contributed by atoms with Crippen LogP contribution in [-0.2, 0) is 13.0 Å². The number of rotatable bonds is 6. The zero-order valence-corrected chi connectivity index (χ0v) is 15.9. The first-order valence-electron chi connectivity index (χ1n) is 8.11. The fourth-order valence-corrected chi connectivity index (χ4v) is 3.62. The molecular formula is C19H23BrClNO2. The molecule has 2 aromatic carbocycles. The van der Waals surface area contributed by atoms with E-state index in [1.807, 2.05) is 12.1 Å². The molecular weight excluding hydrogens is 390 g/mol. The van der Waals surface area contributed by atoms with Gasteiger partial charge in [-0.25, -0.2) is 0 Å². The fourth-order valence-electron chi connectivity index (χ4n) is 3.12. The number of nitrogens with one attached hydrogen (secondary N) is 1. The highest BCUT2D eigenvalue weighted by atomic mass is 79.9. The Morgan fingerprint density at radius 1 is 1.21 bits per heavy atom. The van der Waals surface area contributed by atoms with Crippen LogP contribution in [0.5, 0.6) is 5.75 Å². The van der Waals surface area contributed by atoms with Crippen LogP contribution in [0.25, 0.3) is 0 Å². The van der Waals surface area contributed by atoms with Crippen LogP contribution in [-0.4, -0.2) is 18.3 Å². The van der Waals surface area contributed by atoms with Crippen molar-refractivity contribution in [3.8, 4) is 5.75 Å². The van der Waals surface area contributed by atoms with Crippen molar-refractivity contribution in [2.75, 3.05) is 13.2 Å². The summed E-state index contributed by atoms with van der Waals surface area (Å²) >= 11 is 3.61. The SMILES string of the molecule is Cl.OCCOc1ccc(CNC2CCCc3ccccc32)c(Br)c1. The molecule has 0 radical (unpaired) electrons. The van der Waals surface area contributed by atoms with Crippen molar-refractivity contribution in [1.82, 2.24) is 5.32 Å². The van der Waals surface area contributed by atoms with Crippen LogP contribution in [0.1, 0.15) is 35.6 Å². The quantitative estimate of drug-likeness (QED) is 0.738. The number of fused-ring (bicyclic) bond motifs is 1. The minimum atomic E-state index is 0. The summed E-state index contributed by atoms with van der Waals surface area (Å²) in [6.45, 7) is 1.17. The molecule has 1 aliphatic rings. The van der Waals surface area contributed by atoms with Crippen molar-refractivity contribution >= 4 is 28.3 Å². The topological polar surface area (TPSA) is 41.5 Å². The zero-order valence-electron chi connectivity index (χ0n) is 13.5. The summed E-state index contributed by atoms with van der Waals surface area (Å²) < 4.78 is 6.46. The first-order chi connectivity index (χ1) is 11.3. The van der Waals surface area contributed by atoms with E-state index in [-0.39, 0.29) is 19.0 Å². The molecule has 130 valence electrons. The Morgan fingerprint density at radius 3 is 2.83 bits per heavy atom. The van der Waals surface area contributed by atoms with Gasteiger partial charge in [0.05, 0.1) is 6.61 Å². The monoisotopic (exact) mass is 411 g/mol. The fraction of sp³-hybridized carbons (Fsp3) is 0.368. The molecule has 0 heterocycles. The second-order valence-electron chi connectivity index (χ2n) is 5.85. The minimum absolute atomic E-state index is 0. The Hall–Kier alpha value is -1.07. The van der Waals surface area contributed by atoms with Gasteiger partial charge in [0.15, 0.2) is 0 Å². The highest BCUT2D eigenvalue weighted by Crippen LogP contribution is 2.30. The van der Waals surface area contributed by atoms with Crippen LogP contribution >= 0.6 is 28.3 Å². The Morgan fingerprint density at radius 2 is 2.04 bits per heavy atom. The summed E-state index contributed by atoms with van der Waals surface area (Å²) in [5.41, 5.74) is 4.13. The predicted octanol–water partition coefficient (Wildman–Crippen LogP) is 4.41. The summed E-state index contributed by atoms with van der Waals surface area (Å²) in [5, 5.41) is 12.5. The maximum atomic E-state index is 8.81. The zero-order chi connectivity index (χ0) is 16.1. The molecule has 1 aliphatic carbocycles. The molecule has 3 rings (SSSR count). The number of hydrogen-bond donors (Lipinski definition) is 2. The molecule has 0 aromatic heterocycles. The van der Waals surface area contributed by atoms with Gasteiger partial charge in [-0.05, 0) is 48.1 Å². The highest BCUT2D eigenvalue weighted by Gasteiger charge is 2.19. The lowest BCUT2D eigenvalue weighted by molar-refractivity contribution is 0.201. The highest BCUT2D eigenvalue weighted by molar-refractivity contribution is 9.10. The third kappa shape index (κ3) is 4.73. The number of ether oxygens (including phenoxy) is 1. The van der Waals surface area contributed by atoms with Gasteiger partial charge >= 0.3 is 0 Å². The van der Waals surface area contributed by atoms with E-state index in [4.69, 9.17) is 9.84 Å². The molecule has 0 spiro atoms. The standard InChI is InChI=1S/C19H22BrNO2.ClH/c20-18-12-16(23-11-10-22)9-8-15(18)13-21-19-7-3-5-14-4-1-2-6-17(14)19;/h1-2,4,6,8-9,12,19,21-22H,3,5,7,10-11,13H2;1H. The first-order valence-corrected chi connectivity index (χ1v) is 8.90. The van der Waals surface area contributed by atoms with Gasteiger partial charge in [-0.2, -0.15) is 0 Å². The van der Waals surface area contributed by atoms with Crippen LogP contribution in [0.3, 0.4) is 0 Å². The largest absolute Gasteiger partial charge is 0.491 e. The maximum absolute atomic E-state index is 8.81. The van der Waals surface area contributed by atoms with Crippen molar-refractivity contribution in [3.63, 3.8) is 0 Å². The van der Waals surface area contributed by atoms with Crippen molar-refractivity contribution < 1.29 is 9.84 Å². The van der Waals surface area contributed by atoms with Crippen LogP contribution in [0.15, 0.2) is 46.9 Å². The van der Waals surface area contributed by atoms with Crippen LogP contribution < -0.4 is 10.1 Å². The third-order valence-corrected chi connectivity index (χ3v) is 5.03. The normalized spacial score (nSPS) is 16.2. The van der Waals surface area contributed by atoms with Gasteiger partial charge in [-0.1, -0.05) is 46.3 Å². The lowest BCUT2D eigenvalue weighted by Gasteiger charge is -2.26. The summed E-state index contributed by atoms with van der Waals surface area (Å²) in [6, 6.07) is 15.1. The van der Waals surface area contributed by atoms with Crippen LogP contribution in [0.2, 0.25) is 0 Å². The van der Waals surface area contributed by atoms with E-state index < -0.39 is 0 Å². The lowest BCUT2D eigenvalue weighted by atomic mass is 9.87. The van der Waals surface area contributed by atoms with E-state index in [9.17, 15) is 0 Å². The Kier molecular flexibility index (Phi) is 7.56. The molecule has 0 amide bonds. The number of aryl methyl sites for hydroxylation is 1. The predicted molar refractivity (Wildman–Crippen MR) is 103 cm³/mol. The molecule has 0 fully saturated rings. The Bertz CT molecular complexity index is 666. The molecule has 0 aliphatic heterocycles. The minimum Gasteiger partial charge on any atom is -0.491 e. The number of hydrogen-bond acceptors (Lipinski definition) is 3. The second kappa shape index (κ2) is 9.42. The maximum Gasteiger partial charge on any atom is 0.120 e. The van der Waals surface area contributed by atoms with Crippen LogP contribution in [0, 0.1) is 0 Å². The molecule has 3 nitrogen and oxygen atoms in total. The van der Waals surface area contributed by atoms with Gasteiger partial charge in [0.25, 0.3) is 0 Å². The summed E-state index contributed by atoms with van der Waals surface area (Å²) in [6.07, 6.45) is 3.62.